The molecule has 0 aliphatic heterocycles. The molecule has 4 atom stereocenters. The van der Waals surface area contributed by atoms with E-state index in [1.165, 1.54) is 6.92 Å². The van der Waals surface area contributed by atoms with Crippen molar-refractivity contribution in [2.24, 2.45) is 0 Å². The highest BCUT2D eigenvalue weighted by atomic mass is 16.6. The number of urea groups is 1. The van der Waals surface area contributed by atoms with Gasteiger partial charge in [-0.15, -0.1) is 0 Å². The first-order valence-corrected chi connectivity index (χ1v) is 7.68. The molecule has 3 N–H and O–H groups in total. The summed E-state index contributed by atoms with van der Waals surface area (Å²) in [7, 11) is 0. The predicted molar refractivity (Wildman–Crippen MR) is 85.6 cm³/mol. The Labute approximate surface area is 150 Å². The molecule has 3 amide bonds. The van der Waals surface area contributed by atoms with Crippen LogP contribution in [-0.4, -0.2) is 65.9 Å². The van der Waals surface area contributed by atoms with E-state index in [0.29, 0.717) is 0 Å². The van der Waals surface area contributed by atoms with Gasteiger partial charge in [0.05, 0.1) is 6.04 Å². The zero-order valence-corrected chi connectivity index (χ0v) is 15.2. The van der Waals surface area contributed by atoms with Crippen LogP contribution in [0.5, 0.6) is 0 Å². The van der Waals surface area contributed by atoms with E-state index in [-0.39, 0.29) is 0 Å². The van der Waals surface area contributed by atoms with Crippen LogP contribution >= 0.6 is 0 Å². The molecule has 0 rings (SSSR count). The fraction of sp³-hybridized carbons (Fsp3) is 0.667. The van der Waals surface area contributed by atoms with Gasteiger partial charge in [0.15, 0.2) is 12.2 Å². The van der Waals surface area contributed by atoms with Crippen molar-refractivity contribution in [2.45, 2.75) is 59.0 Å². The standard InChI is InChI=1S/C15H24N2O9/c1-7(16-15(23)17-8(2)18)13(25-10(4)20)14(26-11(5)21)12(22)6-24-9(3)19/h7,12-14,22H,6H2,1-5H3,(H2,16,17,18,23)/t7?,12-,13+,14-/m1/s1. The number of carbonyl (C=O) groups is 5. The van der Waals surface area contributed by atoms with Gasteiger partial charge in [0.1, 0.15) is 12.7 Å². The van der Waals surface area contributed by atoms with Crippen molar-refractivity contribution in [1.82, 2.24) is 10.6 Å². The number of aliphatic hydroxyl groups is 1. The first-order chi connectivity index (χ1) is 11.9. The summed E-state index contributed by atoms with van der Waals surface area (Å²) in [5.74, 6) is -2.87. The number of hydrogen-bond donors (Lipinski definition) is 3. The number of amides is 3. The number of hydrogen-bond acceptors (Lipinski definition) is 9. The van der Waals surface area contributed by atoms with Gasteiger partial charge in [0, 0.05) is 27.7 Å². The third kappa shape index (κ3) is 9.57. The highest BCUT2D eigenvalue weighted by Gasteiger charge is 2.38. The van der Waals surface area contributed by atoms with Crippen LogP contribution in [0.15, 0.2) is 0 Å². The molecule has 0 heterocycles. The van der Waals surface area contributed by atoms with Gasteiger partial charge in [-0.3, -0.25) is 24.5 Å². The Morgan fingerprint density at radius 2 is 1.38 bits per heavy atom. The number of carbonyl (C=O) groups excluding carboxylic acids is 5. The highest BCUT2D eigenvalue weighted by molar-refractivity contribution is 5.93. The molecule has 0 saturated heterocycles. The molecule has 0 spiro atoms. The molecular formula is C15H24N2O9. The monoisotopic (exact) mass is 376 g/mol. The lowest BCUT2D eigenvalue weighted by Crippen LogP contribution is -2.56. The molecule has 11 heteroatoms. The lowest BCUT2D eigenvalue weighted by Gasteiger charge is -2.33. The van der Waals surface area contributed by atoms with Gasteiger partial charge in [-0.1, -0.05) is 0 Å². The van der Waals surface area contributed by atoms with Gasteiger partial charge in [-0.2, -0.15) is 0 Å². The van der Waals surface area contributed by atoms with Crippen molar-refractivity contribution < 1.29 is 43.3 Å². The average molecular weight is 376 g/mol. The Kier molecular flexibility index (Phi) is 9.89. The Hall–Kier alpha value is -2.69. The predicted octanol–water partition coefficient (Wildman–Crippen LogP) is -0.992. The number of esters is 3. The summed E-state index contributed by atoms with van der Waals surface area (Å²) in [6.07, 6.45) is -4.30. The molecule has 1 unspecified atom stereocenters. The highest BCUT2D eigenvalue weighted by Crippen LogP contribution is 2.15. The summed E-state index contributed by atoms with van der Waals surface area (Å²) in [6.45, 7) is 5.26. The Balaban J connectivity index is 5.42. The zero-order valence-electron chi connectivity index (χ0n) is 15.2. The van der Waals surface area contributed by atoms with Crippen molar-refractivity contribution in [3.8, 4) is 0 Å². The minimum atomic E-state index is -1.53. The number of aliphatic hydroxyl groups excluding tert-OH is 1. The van der Waals surface area contributed by atoms with Crippen molar-refractivity contribution in [3.63, 3.8) is 0 Å². The fourth-order valence-electron chi connectivity index (χ4n) is 1.98. The largest absolute Gasteiger partial charge is 0.463 e. The Morgan fingerprint density at radius 1 is 0.885 bits per heavy atom. The average Bonchev–Trinajstić information content (AvgIpc) is 2.46. The third-order valence-electron chi connectivity index (χ3n) is 2.91. The van der Waals surface area contributed by atoms with E-state index in [1.54, 1.807) is 0 Å². The maximum atomic E-state index is 11.7. The second-order valence-corrected chi connectivity index (χ2v) is 5.46. The van der Waals surface area contributed by atoms with Crippen LogP contribution < -0.4 is 10.6 Å². The molecule has 0 aromatic heterocycles. The second kappa shape index (κ2) is 11.0. The van der Waals surface area contributed by atoms with Crippen molar-refractivity contribution in [3.05, 3.63) is 0 Å². The summed E-state index contributed by atoms with van der Waals surface area (Å²) in [6, 6.07) is -1.85. The SMILES string of the molecule is CC(=O)NC(=O)NC(C)[C@H](OC(C)=O)[C@H](OC(C)=O)[C@H](O)COC(C)=O. The van der Waals surface area contributed by atoms with E-state index in [9.17, 15) is 29.1 Å². The second-order valence-electron chi connectivity index (χ2n) is 5.46. The van der Waals surface area contributed by atoms with Crippen LogP contribution in [0.3, 0.4) is 0 Å². The maximum Gasteiger partial charge on any atom is 0.321 e. The van der Waals surface area contributed by atoms with Crippen LogP contribution in [0.25, 0.3) is 0 Å². The first kappa shape index (κ1) is 23.3. The zero-order chi connectivity index (χ0) is 20.4. The molecule has 0 aliphatic rings. The van der Waals surface area contributed by atoms with Crippen LogP contribution in [0.2, 0.25) is 0 Å². The molecule has 0 fully saturated rings. The Morgan fingerprint density at radius 3 is 1.81 bits per heavy atom. The molecule has 0 radical (unpaired) electrons. The molecule has 26 heavy (non-hydrogen) atoms. The van der Waals surface area contributed by atoms with Crippen LogP contribution in [-0.2, 0) is 33.4 Å². The molecule has 0 aliphatic carbocycles. The number of ether oxygens (including phenoxy) is 3. The third-order valence-corrected chi connectivity index (χ3v) is 2.91. The van der Waals surface area contributed by atoms with Gasteiger partial charge >= 0.3 is 23.9 Å². The lowest BCUT2D eigenvalue weighted by atomic mass is 10.0. The van der Waals surface area contributed by atoms with Crippen molar-refractivity contribution in [2.75, 3.05) is 6.61 Å². The van der Waals surface area contributed by atoms with E-state index in [4.69, 9.17) is 9.47 Å². The molecule has 148 valence electrons. The van der Waals surface area contributed by atoms with Gasteiger partial charge in [-0.25, -0.2) is 4.79 Å². The van der Waals surface area contributed by atoms with Crippen molar-refractivity contribution in [1.29, 1.82) is 0 Å². The van der Waals surface area contributed by atoms with Crippen LogP contribution in [0.1, 0.15) is 34.6 Å². The Bertz CT molecular complexity index is 549. The first-order valence-electron chi connectivity index (χ1n) is 7.68. The van der Waals surface area contributed by atoms with Gasteiger partial charge in [0.25, 0.3) is 0 Å². The summed E-state index contributed by atoms with van der Waals surface area (Å²) in [5.41, 5.74) is 0. The van der Waals surface area contributed by atoms with E-state index in [2.05, 4.69) is 10.1 Å². The molecule has 0 saturated carbocycles. The molecule has 11 nitrogen and oxygen atoms in total. The van der Waals surface area contributed by atoms with Gasteiger partial charge < -0.3 is 24.6 Å². The maximum absolute atomic E-state index is 11.7. The topological polar surface area (TPSA) is 157 Å². The number of imide groups is 1. The quantitative estimate of drug-likeness (QED) is 0.357. The lowest BCUT2D eigenvalue weighted by molar-refractivity contribution is -0.181. The minimum absolute atomic E-state index is 0.530. The van der Waals surface area contributed by atoms with E-state index >= 15 is 0 Å². The molecular weight excluding hydrogens is 352 g/mol. The van der Waals surface area contributed by atoms with Crippen molar-refractivity contribution >= 4 is 29.8 Å². The van der Waals surface area contributed by atoms with Gasteiger partial charge in [0.2, 0.25) is 5.91 Å². The molecule has 0 aromatic carbocycles. The molecule has 0 bridgehead atoms. The van der Waals surface area contributed by atoms with E-state index in [0.717, 1.165) is 27.7 Å². The summed E-state index contributed by atoms with van der Waals surface area (Å²) in [4.78, 5) is 56.2. The summed E-state index contributed by atoms with van der Waals surface area (Å²) in [5, 5.41) is 14.5. The van der Waals surface area contributed by atoms with Gasteiger partial charge in [-0.05, 0) is 6.92 Å². The molecule has 0 aromatic rings. The number of nitrogens with one attached hydrogen (secondary N) is 2. The fourth-order valence-corrected chi connectivity index (χ4v) is 1.98. The number of rotatable bonds is 8. The minimum Gasteiger partial charge on any atom is -0.463 e. The van der Waals surface area contributed by atoms with E-state index in [1.807, 2.05) is 5.32 Å². The smallest absolute Gasteiger partial charge is 0.321 e. The van der Waals surface area contributed by atoms with Crippen LogP contribution in [0, 0.1) is 0 Å². The summed E-state index contributed by atoms with van der Waals surface area (Å²) >= 11 is 0. The normalized spacial score (nSPS) is 14.8. The van der Waals surface area contributed by atoms with E-state index < -0.39 is 60.8 Å². The summed E-state index contributed by atoms with van der Waals surface area (Å²) < 4.78 is 14.7. The van der Waals surface area contributed by atoms with Crippen LogP contribution in [0.4, 0.5) is 4.79 Å².